The number of piperazine rings is 1. The number of ketones is 1. The number of benzene rings is 1. The molecule has 1 saturated heterocycles. The number of fused-ring (bicyclic) bond motifs is 2. The zero-order valence-electron chi connectivity index (χ0n) is 17.8. The van der Waals surface area contributed by atoms with Gasteiger partial charge in [0.25, 0.3) is 0 Å². The molecule has 30 heavy (non-hydrogen) atoms. The lowest BCUT2D eigenvalue weighted by molar-refractivity contribution is -0.113. The Balaban J connectivity index is 1.49. The number of rotatable bonds is 2. The van der Waals surface area contributed by atoms with Crippen molar-refractivity contribution in [2.24, 2.45) is 0 Å². The molecule has 0 spiro atoms. The average Bonchev–Trinajstić information content (AvgIpc) is 3.07. The molecule has 0 radical (unpaired) electrons. The molecule has 0 N–H and O–H groups in total. The van der Waals surface area contributed by atoms with Gasteiger partial charge in [-0.05, 0) is 56.7 Å². The van der Waals surface area contributed by atoms with Crippen molar-refractivity contribution in [2.45, 2.75) is 32.7 Å². The van der Waals surface area contributed by atoms with E-state index < -0.39 is 0 Å². The molecule has 0 saturated carbocycles. The van der Waals surface area contributed by atoms with Crippen LogP contribution in [0, 0.1) is 6.92 Å². The molecule has 1 atom stereocenters. The number of Topliss-reactive ketones (excluding diaryl/α,β-unsaturated/α-hetero) is 1. The van der Waals surface area contributed by atoms with Crippen molar-refractivity contribution in [1.29, 1.82) is 0 Å². The number of nitrogens with zero attached hydrogens (tertiary/aromatic N) is 5. The highest BCUT2D eigenvalue weighted by Crippen LogP contribution is 2.30. The first-order valence-electron chi connectivity index (χ1n) is 10.6. The van der Waals surface area contributed by atoms with Gasteiger partial charge in [-0.15, -0.1) is 0 Å². The van der Waals surface area contributed by atoms with Crippen molar-refractivity contribution in [2.75, 3.05) is 31.6 Å². The van der Waals surface area contributed by atoms with Crippen molar-refractivity contribution < 1.29 is 4.79 Å². The third-order valence-electron chi connectivity index (χ3n) is 6.42. The number of likely N-dealkylation sites (N-methyl/N-ethyl adjacent to an activating group) is 1. The summed E-state index contributed by atoms with van der Waals surface area (Å²) < 4.78 is 1.94. The number of imidazole rings is 1. The Morgan fingerprint density at radius 2 is 2.00 bits per heavy atom. The fourth-order valence-electron chi connectivity index (χ4n) is 4.40. The quantitative estimate of drug-likeness (QED) is 0.660. The lowest BCUT2D eigenvalue weighted by Crippen LogP contribution is -2.50. The third kappa shape index (κ3) is 3.41. The van der Waals surface area contributed by atoms with Crippen LogP contribution in [-0.4, -0.2) is 57.8 Å². The zero-order valence-corrected chi connectivity index (χ0v) is 17.8. The summed E-state index contributed by atoms with van der Waals surface area (Å²) in [4.78, 5) is 26.8. The lowest BCUT2D eigenvalue weighted by atomic mass is 10.0. The predicted molar refractivity (Wildman–Crippen MR) is 120 cm³/mol. The van der Waals surface area contributed by atoms with E-state index in [4.69, 9.17) is 0 Å². The van der Waals surface area contributed by atoms with Gasteiger partial charge in [0.05, 0.1) is 17.6 Å². The second-order valence-electron chi connectivity index (χ2n) is 8.56. The van der Waals surface area contributed by atoms with E-state index in [1.54, 1.807) is 6.20 Å². The smallest absolute Gasteiger partial charge is 0.165 e. The first-order chi connectivity index (χ1) is 14.5. The van der Waals surface area contributed by atoms with Crippen LogP contribution in [0.3, 0.4) is 0 Å². The number of aromatic nitrogens is 3. The summed E-state index contributed by atoms with van der Waals surface area (Å²) in [5, 5.41) is 0. The molecular formula is C24H27N5O. The number of carbonyl (C=O) groups excluding carboxylic acids is 1. The largest absolute Gasteiger partial charge is 0.369 e. The van der Waals surface area contributed by atoms with Gasteiger partial charge in [0.1, 0.15) is 0 Å². The molecular weight excluding hydrogens is 374 g/mol. The Hall–Kier alpha value is -2.99. The van der Waals surface area contributed by atoms with E-state index in [0.29, 0.717) is 18.0 Å². The SMILES string of the molecule is Cc1cn2cc(C3=Cc4ccc(N5CCN(C)[C@H](C)C5)cc4CCC3=O)nc2cn1. The molecule has 1 aliphatic carbocycles. The van der Waals surface area contributed by atoms with Gasteiger partial charge in [-0.2, -0.15) is 0 Å². The molecule has 2 aliphatic rings. The summed E-state index contributed by atoms with van der Waals surface area (Å²) in [6, 6.07) is 7.17. The van der Waals surface area contributed by atoms with Crippen LogP contribution in [0.25, 0.3) is 17.3 Å². The summed E-state index contributed by atoms with van der Waals surface area (Å²) in [7, 11) is 2.19. The van der Waals surface area contributed by atoms with E-state index in [2.05, 4.69) is 51.9 Å². The molecule has 3 heterocycles. The van der Waals surface area contributed by atoms with E-state index in [1.165, 1.54) is 11.3 Å². The van der Waals surface area contributed by atoms with Gasteiger partial charge < -0.3 is 14.2 Å². The fraction of sp³-hybridized carbons (Fsp3) is 0.375. The molecule has 3 aromatic rings. The molecule has 5 rings (SSSR count). The minimum absolute atomic E-state index is 0.147. The lowest BCUT2D eigenvalue weighted by Gasteiger charge is -2.39. The van der Waals surface area contributed by atoms with Gasteiger partial charge in [-0.25, -0.2) is 4.98 Å². The first-order valence-corrected chi connectivity index (χ1v) is 10.6. The van der Waals surface area contributed by atoms with Crippen LogP contribution in [-0.2, 0) is 11.2 Å². The second kappa shape index (κ2) is 7.36. The standard InChI is InChI=1S/C24H27N5O/c1-16-13-29-15-22(26-24(29)12-25-16)21-11-19-4-6-20(10-18(19)5-7-23(21)30)28-9-8-27(3)17(2)14-28/h4,6,10-13,15,17H,5,7-9,14H2,1-3H3/t17-/m1/s1. The van der Waals surface area contributed by atoms with E-state index >= 15 is 0 Å². The Kier molecular flexibility index (Phi) is 4.66. The van der Waals surface area contributed by atoms with Crippen LogP contribution in [0.2, 0.25) is 0 Å². The molecule has 1 fully saturated rings. The van der Waals surface area contributed by atoms with Crippen molar-refractivity contribution in [1.82, 2.24) is 19.3 Å². The minimum Gasteiger partial charge on any atom is -0.369 e. The van der Waals surface area contributed by atoms with Crippen LogP contribution in [0.5, 0.6) is 0 Å². The van der Waals surface area contributed by atoms with Crippen molar-refractivity contribution in [3.05, 3.63) is 59.3 Å². The van der Waals surface area contributed by atoms with Crippen LogP contribution in [0.4, 0.5) is 5.69 Å². The zero-order chi connectivity index (χ0) is 20.8. The Morgan fingerprint density at radius 1 is 1.13 bits per heavy atom. The monoisotopic (exact) mass is 401 g/mol. The maximum absolute atomic E-state index is 12.9. The topological polar surface area (TPSA) is 53.7 Å². The third-order valence-corrected chi connectivity index (χ3v) is 6.42. The molecule has 0 bridgehead atoms. The maximum atomic E-state index is 12.9. The Bertz CT molecular complexity index is 1160. The maximum Gasteiger partial charge on any atom is 0.165 e. The summed E-state index contributed by atoms with van der Waals surface area (Å²) in [5.74, 6) is 0.147. The van der Waals surface area contributed by atoms with E-state index in [1.807, 2.05) is 29.8 Å². The Labute approximate surface area is 176 Å². The highest BCUT2D eigenvalue weighted by Gasteiger charge is 2.23. The molecule has 1 aromatic carbocycles. The van der Waals surface area contributed by atoms with E-state index in [9.17, 15) is 4.79 Å². The number of carbonyl (C=O) groups is 1. The molecule has 154 valence electrons. The van der Waals surface area contributed by atoms with Crippen molar-refractivity contribution in [3.63, 3.8) is 0 Å². The summed E-state index contributed by atoms with van der Waals surface area (Å²) in [5.41, 5.74) is 6.70. The second-order valence-corrected chi connectivity index (χ2v) is 8.56. The van der Waals surface area contributed by atoms with E-state index in [0.717, 1.165) is 48.7 Å². The molecule has 2 aromatic heterocycles. The fourth-order valence-corrected chi connectivity index (χ4v) is 4.40. The number of hydrogen-bond donors (Lipinski definition) is 0. The Morgan fingerprint density at radius 3 is 2.83 bits per heavy atom. The molecule has 6 nitrogen and oxygen atoms in total. The molecule has 0 amide bonds. The van der Waals surface area contributed by atoms with Gasteiger partial charge in [-0.1, -0.05) is 6.07 Å². The van der Waals surface area contributed by atoms with Crippen molar-refractivity contribution >= 4 is 28.8 Å². The van der Waals surface area contributed by atoms with Crippen molar-refractivity contribution in [3.8, 4) is 0 Å². The predicted octanol–water partition coefficient (Wildman–Crippen LogP) is 3.23. The van der Waals surface area contributed by atoms with Gasteiger partial charge in [-0.3, -0.25) is 9.78 Å². The summed E-state index contributed by atoms with van der Waals surface area (Å²) in [6.45, 7) is 7.36. The van der Waals surface area contributed by atoms with Crippen LogP contribution in [0.15, 0.2) is 36.8 Å². The summed E-state index contributed by atoms with van der Waals surface area (Å²) in [6.07, 6.45) is 8.90. The van der Waals surface area contributed by atoms with Gasteiger partial charge in [0.15, 0.2) is 11.4 Å². The van der Waals surface area contributed by atoms with Gasteiger partial charge in [0, 0.05) is 55.8 Å². The molecule has 0 unspecified atom stereocenters. The minimum atomic E-state index is 0.147. The number of hydrogen-bond acceptors (Lipinski definition) is 5. The molecule has 6 heteroatoms. The number of allylic oxidation sites excluding steroid dienone is 1. The number of anilines is 1. The summed E-state index contributed by atoms with van der Waals surface area (Å²) >= 11 is 0. The highest BCUT2D eigenvalue weighted by atomic mass is 16.1. The van der Waals surface area contributed by atoms with Crippen LogP contribution < -0.4 is 4.90 Å². The van der Waals surface area contributed by atoms with Crippen LogP contribution in [0.1, 0.15) is 35.9 Å². The van der Waals surface area contributed by atoms with Gasteiger partial charge in [0.2, 0.25) is 0 Å². The first kappa shape index (κ1) is 19.0. The highest BCUT2D eigenvalue weighted by molar-refractivity contribution is 6.25. The molecule has 1 aliphatic heterocycles. The average molecular weight is 402 g/mol. The van der Waals surface area contributed by atoms with Crippen LogP contribution >= 0.6 is 0 Å². The number of aryl methyl sites for hydroxylation is 2. The normalized spacial score (nSPS) is 20.2. The van der Waals surface area contributed by atoms with E-state index in [-0.39, 0.29) is 5.78 Å². The van der Waals surface area contributed by atoms with Gasteiger partial charge >= 0.3 is 0 Å².